The second-order valence-electron chi connectivity index (χ2n) is 4.79. The largest absolute Gasteiger partial charge is 0.496 e. The van der Waals surface area contributed by atoms with Crippen LogP contribution in [0, 0.1) is 6.92 Å². The van der Waals surface area contributed by atoms with E-state index in [9.17, 15) is 0 Å². The lowest BCUT2D eigenvalue weighted by Gasteiger charge is -2.09. The summed E-state index contributed by atoms with van der Waals surface area (Å²) in [6.07, 6.45) is 2.21. The highest BCUT2D eigenvalue weighted by Crippen LogP contribution is 2.18. The van der Waals surface area contributed by atoms with Gasteiger partial charge in [-0.25, -0.2) is 0 Å². The van der Waals surface area contributed by atoms with Crippen LogP contribution in [-0.2, 0) is 16.0 Å². The van der Waals surface area contributed by atoms with Crippen LogP contribution in [0.4, 0.5) is 0 Å². The van der Waals surface area contributed by atoms with Crippen molar-refractivity contribution in [1.29, 1.82) is 0 Å². The van der Waals surface area contributed by atoms with Gasteiger partial charge in [-0.15, -0.1) is 0 Å². The normalized spacial score (nSPS) is 10.8. The van der Waals surface area contributed by atoms with Gasteiger partial charge in [0.15, 0.2) is 0 Å². The van der Waals surface area contributed by atoms with Gasteiger partial charge in [-0.1, -0.05) is 12.1 Å². The summed E-state index contributed by atoms with van der Waals surface area (Å²) in [4.78, 5) is 0. The summed E-state index contributed by atoms with van der Waals surface area (Å²) < 4.78 is 15.6. The number of aryl methyl sites for hydroxylation is 1. The zero-order chi connectivity index (χ0) is 14.6. The van der Waals surface area contributed by atoms with Gasteiger partial charge in [-0.2, -0.15) is 0 Å². The Morgan fingerprint density at radius 1 is 1.05 bits per heavy atom. The summed E-state index contributed by atoms with van der Waals surface area (Å²) in [5.41, 5.74) is 2.47. The van der Waals surface area contributed by atoms with E-state index < -0.39 is 0 Å². The summed E-state index contributed by atoms with van der Waals surface area (Å²) in [5.74, 6) is 0.946. The topological polar surface area (TPSA) is 39.7 Å². The van der Waals surface area contributed by atoms with Gasteiger partial charge in [0.2, 0.25) is 0 Å². The molecular formula is C16H27NO3. The molecule has 1 aromatic carbocycles. The first kappa shape index (κ1) is 17.0. The SMILES string of the molecule is COCCOCCCCNCc1ccc(OC)c(C)c1. The number of rotatable bonds is 11. The number of unbranched alkanes of at least 4 members (excludes halogenated alkanes) is 1. The highest BCUT2D eigenvalue weighted by Gasteiger charge is 1.99. The fourth-order valence-electron chi connectivity index (χ4n) is 1.98. The first-order valence-corrected chi connectivity index (χ1v) is 7.19. The number of ether oxygens (including phenoxy) is 3. The Hall–Kier alpha value is -1.10. The van der Waals surface area contributed by atoms with Crippen molar-refractivity contribution in [1.82, 2.24) is 5.32 Å². The van der Waals surface area contributed by atoms with Gasteiger partial charge in [0, 0.05) is 20.3 Å². The van der Waals surface area contributed by atoms with E-state index in [1.54, 1.807) is 14.2 Å². The average molecular weight is 281 g/mol. The Labute approximate surface area is 122 Å². The molecule has 4 nitrogen and oxygen atoms in total. The minimum atomic E-state index is 0.676. The van der Waals surface area contributed by atoms with Crippen molar-refractivity contribution < 1.29 is 14.2 Å². The third-order valence-corrected chi connectivity index (χ3v) is 3.11. The van der Waals surface area contributed by atoms with Gasteiger partial charge in [-0.3, -0.25) is 0 Å². The zero-order valence-electron chi connectivity index (χ0n) is 12.9. The second-order valence-corrected chi connectivity index (χ2v) is 4.79. The van der Waals surface area contributed by atoms with Crippen LogP contribution in [0.25, 0.3) is 0 Å². The van der Waals surface area contributed by atoms with Crippen molar-refractivity contribution in [2.75, 3.05) is 40.6 Å². The molecule has 0 heterocycles. The predicted octanol–water partition coefficient (Wildman–Crippen LogP) is 2.54. The molecule has 0 spiro atoms. The van der Waals surface area contributed by atoms with E-state index in [-0.39, 0.29) is 0 Å². The molecule has 0 aliphatic heterocycles. The number of nitrogens with one attached hydrogen (secondary N) is 1. The molecule has 1 N–H and O–H groups in total. The zero-order valence-corrected chi connectivity index (χ0v) is 12.9. The molecule has 0 aliphatic carbocycles. The van der Waals surface area contributed by atoms with Crippen molar-refractivity contribution in [2.24, 2.45) is 0 Å². The molecule has 0 bridgehead atoms. The predicted molar refractivity (Wildman–Crippen MR) is 81.4 cm³/mol. The van der Waals surface area contributed by atoms with E-state index >= 15 is 0 Å². The molecule has 0 aromatic heterocycles. The Balaban J connectivity index is 2.05. The van der Waals surface area contributed by atoms with E-state index in [4.69, 9.17) is 14.2 Å². The molecule has 0 atom stereocenters. The van der Waals surface area contributed by atoms with Crippen molar-refractivity contribution in [3.63, 3.8) is 0 Å². The molecule has 114 valence electrons. The van der Waals surface area contributed by atoms with Crippen LogP contribution in [0.1, 0.15) is 24.0 Å². The summed E-state index contributed by atoms with van der Waals surface area (Å²) in [5, 5.41) is 3.45. The fraction of sp³-hybridized carbons (Fsp3) is 0.625. The molecule has 0 saturated heterocycles. The average Bonchev–Trinajstić information content (AvgIpc) is 2.46. The lowest BCUT2D eigenvalue weighted by atomic mass is 10.1. The Morgan fingerprint density at radius 3 is 2.60 bits per heavy atom. The number of hydrogen-bond acceptors (Lipinski definition) is 4. The molecule has 0 aliphatic rings. The van der Waals surface area contributed by atoms with Crippen molar-refractivity contribution in [3.05, 3.63) is 29.3 Å². The number of methoxy groups -OCH3 is 2. The van der Waals surface area contributed by atoms with Gasteiger partial charge in [0.05, 0.1) is 20.3 Å². The first-order valence-electron chi connectivity index (χ1n) is 7.19. The molecular weight excluding hydrogens is 254 g/mol. The molecule has 1 aromatic rings. The summed E-state index contributed by atoms with van der Waals surface area (Å²) in [6.45, 7) is 6.16. The molecule has 0 fully saturated rings. The molecule has 1 rings (SSSR count). The highest BCUT2D eigenvalue weighted by atomic mass is 16.5. The van der Waals surface area contributed by atoms with Gasteiger partial charge in [-0.05, 0) is 43.5 Å². The van der Waals surface area contributed by atoms with E-state index in [0.29, 0.717) is 13.2 Å². The maximum absolute atomic E-state index is 5.41. The molecule has 0 unspecified atom stereocenters. The maximum Gasteiger partial charge on any atom is 0.121 e. The molecule has 4 heteroatoms. The standard InChI is InChI=1S/C16H27NO3/c1-14-12-15(6-7-16(14)19-3)13-17-8-4-5-9-20-11-10-18-2/h6-7,12,17H,4-5,8-11,13H2,1-3H3. The van der Waals surface area contributed by atoms with Crippen LogP contribution in [0.15, 0.2) is 18.2 Å². The van der Waals surface area contributed by atoms with Gasteiger partial charge < -0.3 is 19.5 Å². The number of hydrogen-bond donors (Lipinski definition) is 1. The van der Waals surface area contributed by atoms with Crippen LogP contribution >= 0.6 is 0 Å². The highest BCUT2D eigenvalue weighted by molar-refractivity contribution is 5.36. The van der Waals surface area contributed by atoms with Crippen LogP contribution in [0.2, 0.25) is 0 Å². The molecule has 0 saturated carbocycles. The summed E-state index contributed by atoms with van der Waals surface area (Å²) in [7, 11) is 3.39. The smallest absolute Gasteiger partial charge is 0.121 e. The lowest BCUT2D eigenvalue weighted by Crippen LogP contribution is -2.15. The van der Waals surface area contributed by atoms with Gasteiger partial charge >= 0.3 is 0 Å². The minimum absolute atomic E-state index is 0.676. The van der Waals surface area contributed by atoms with E-state index in [0.717, 1.165) is 38.3 Å². The third kappa shape index (κ3) is 6.89. The third-order valence-electron chi connectivity index (χ3n) is 3.11. The number of benzene rings is 1. The quantitative estimate of drug-likeness (QED) is 0.633. The maximum atomic E-state index is 5.41. The van der Waals surface area contributed by atoms with Crippen LogP contribution in [0.3, 0.4) is 0 Å². The Kier molecular flexibility index (Phi) is 9.04. The molecule has 0 amide bonds. The van der Waals surface area contributed by atoms with Crippen LogP contribution in [-0.4, -0.2) is 40.6 Å². The van der Waals surface area contributed by atoms with Crippen molar-refractivity contribution >= 4 is 0 Å². The van der Waals surface area contributed by atoms with Crippen LogP contribution in [0.5, 0.6) is 5.75 Å². The fourth-order valence-corrected chi connectivity index (χ4v) is 1.98. The second kappa shape index (κ2) is 10.7. The van der Waals surface area contributed by atoms with Crippen molar-refractivity contribution in [3.8, 4) is 5.75 Å². The Morgan fingerprint density at radius 2 is 1.90 bits per heavy atom. The van der Waals surface area contributed by atoms with E-state index in [1.807, 2.05) is 6.07 Å². The van der Waals surface area contributed by atoms with Crippen LogP contribution < -0.4 is 10.1 Å². The van der Waals surface area contributed by atoms with E-state index in [2.05, 4.69) is 24.4 Å². The summed E-state index contributed by atoms with van der Waals surface area (Å²) in [6, 6.07) is 6.29. The monoisotopic (exact) mass is 281 g/mol. The first-order chi connectivity index (χ1) is 9.77. The van der Waals surface area contributed by atoms with E-state index in [1.165, 1.54) is 11.1 Å². The Bertz CT molecular complexity index is 369. The van der Waals surface area contributed by atoms with Gasteiger partial charge in [0.25, 0.3) is 0 Å². The van der Waals surface area contributed by atoms with Gasteiger partial charge in [0.1, 0.15) is 5.75 Å². The summed E-state index contributed by atoms with van der Waals surface area (Å²) >= 11 is 0. The molecule has 20 heavy (non-hydrogen) atoms. The minimum Gasteiger partial charge on any atom is -0.496 e. The van der Waals surface area contributed by atoms with Crippen molar-refractivity contribution in [2.45, 2.75) is 26.3 Å². The lowest BCUT2D eigenvalue weighted by molar-refractivity contribution is 0.0688. The molecule has 0 radical (unpaired) electrons.